The third-order valence-electron chi connectivity index (χ3n) is 2.34. The van der Waals surface area contributed by atoms with Gasteiger partial charge in [-0.1, -0.05) is 19.2 Å². The van der Waals surface area contributed by atoms with Crippen molar-refractivity contribution in [3.63, 3.8) is 0 Å². The molecule has 1 rings (SSSR count). The van der Waals surface area contributed by atoms with Crippen molar-refractivity contribution in [2.75, 3.05) is 6.61 Å². The van der Waals surface area contributed by atoms with E-state index in [1.807, 2.05) is 5.32 Å². The summed E-state index contributed by atoms with van der Waals surface area (Å²) in [6.07, 6.45) is -4.92. The number of ether oxygens (including phenoxy) is 1. The Bertz CT molecular complexity index is 352. The number of hydrogen-bond acceptors (Lipinski definition) is 5. The highest BCUT2D eigenvalue weighted by Gasteiger charge is 2.45. The minimum Gasteiger partial charge on any atom is -0.366 e. The molecule has 1 saturated heterocycles. The van der Waals surface area contributed by atoms with Crippen molar-refractivity contribution in [3.05, 3.63) is 0 Å². The number of thioether (sulfide) groups is 2. The molecule has 0 bridgehead atoms. The van der Waals surface area contributed by atoms with Crippen molar-refractivity contribution < 1.29 is 27.5 Å². The van der Waals surface area contributed by atoms with Gasteiger partial charge in [-0.25, -0.2) is 0 Å². The highest BCUT2D eigenvalue weighted by molar-refractivity contribution is 8.41. The van der Waals surface area contributed by atoms with Crippen LogP contribution in [-0.2, 0) is 9.53 Å². The smallest absolute Gasteiger partial charge is 0.366 e. The Kier molecular flexibility index (Phi) is 7.97. The molecule has 3 atom stereocenters. The average Bonchev–Trinajstić information content (AvgIpc) is 2.56. The van der Waals surface area contributed by atoms with Crippen LogP contribution in [0.2, 0.25) is 0 Å². The Morgan fingerprint density at radius 1 is 1.45 bits per heavy atom. The van der Waals surface area contributed by atoms with Crippen molar-refractivity contribution >= 4 is 33.9 Å². The van der Waals surface area contributed by atoms with Gasteiger partial charge in [-0.2, -0.15) is 13.2 Å². The second-order valence-electron chi connectivity index (χ2n) is 3.88. The normalized spacial score (nSPS) is 24.1. The first-order chi connectivity index (χ1) is 8.74. The van der Waals surface area contributed by atoms with Crippen LogP contribution in [0.25, 0.3) is 0 Å². The maximum atomic E-state index is 12.8. The molecule has 0 aromatic rings. The van der Waals surface area contributed by atoms with Crippen molar-refractivity contribution in [2.24, 2.45) is 0 Å². The number of carbonyl (C=O) groups excluding carboxylic acids is 2. The molecule has 118 valence electrons. The van der Waals surface area contributed by atoms with Crippen molar-refractivity contribution in [3.8, 4) is 0 Å². The average molecular weight is 333 g/mol. The summed E-state index contributed by atoms with van der Waals surface area (Å²) in [4.78, 5) is 22.1. The summed E-state index contributed by atoms with van der Waals surface area (Å²) in [5.74, 6) is -0.753. The molecule has 0 saturated carbocycles. The maximum absolute atomic E-state index is 12.8. The minimum atomic E-state index is -4.54. The fraction of sp³-hybridized carbons (Fsp3) is 0.818. The van der Waals surface area contributed by atoms with E-state index in [2.05, 4.69) is 0 Å². The second-order valence-corrected chi connectivity index (χ2v) is 6.42. The van der Waals surface area contributed by atoms with E-state index in [1.165, 1.54) is 0 Å². The van der Waals surface area contributed by atoms with Crippen molar-refractivity contribution in [1.82, 2.24) is 5.32 Å². The Labute approximate surface area is 124 Å². The third kappa shape index (κ3) is 5.92. The zero-order valence-corrected chi connectivity index (χ0v) is 12.0. The van der Waals surface area contributed by atoms with Crippen LogP contribution in [0.15, 0.2) is 0 Å². The summed E-state index contributed by atoms with van der Waals surface area (Å²) in [6, 6.07) is -1.96. The van der Waals surface area contributed by atoms with Crippen LogP contribution in [-0.4, -0.2) is 39.9 Å². The Hall–Kier alpha value is -0.410. The number of hydrogen-bond donors (Lipinski definition) is 1. The van der Waals surface area contributed by atoms with E-state index in [4.69, 9.17) is 4.74 Å². The van der Waals surface area contributed by atoms with Gasteiger partial charge in [-0.3, -0.25) is 9.59 Å². The first kappa shape index (κ1) is 19.6. The molecule has 1 unspecified atom stereocenters. The molecule has 1 heterocycles. The number of rotatable bonds is 5. The lowest BCUT2D eigenvalue weighted by Crippen LogP contribution is -2.47. The van der Waals surface area contributed by atoms with Gasteiger partial charge in [-0.05, 0) is 25.1 Å². The molecular weight excluding hydrogens is 315 g/mol. The standard InChI is InChI=1S/C10H14F3NO3S2.CH4/c1-3-17-8-6(18-9(16)19-8)4-7(10(11,12)13)14-5(2)15;/h6-8H,3-4H2,1-2H3,(H,14,15);1H4/t6-,7?,8+;/m1./s1. The van der Waals surface area contributed by atoms with Gasteiger partial charge in [0.1, 0.15) is 11.5 Å². The zero-order chi connectivity index (χ0) is 14.6. The van der Waals surface area contributed by atoms with Crippen LogP contribution in [0.3, 0.4) is 0 Å². The van der Waals surface area contributed by atoms with Gasteiger partial charge >= 0.3 is 6.18 Å². The molecule has 0 aromatic heterocycles. The zero-order valence-electron chi connectivity index (χ0n) is 10.3. The summed E-state index contributed by atoms with van der Waals surface area (Å²) >= 11 is 1.72. The summed E-state index contributed by atoms with van der Waals surface area (Å²) in [7, 11) is 0. The third-order valence-corrected chi connectivity index (χ3v) is 4.91. The first-order valence-corrected chi connectivity index (χ1v) is 7.32. The van der Waals surface area contributed by atoms with E-state index >= 15 is 0 Å². The summed E-state index contributed by atoms with van der Waals surface area (Å²) in [5, 5.41) is 1.26. The van der Waals surface area contributed by atoms with Gasteiger partial charge in [0.05, 0.1) is 5.25 Å². The topological polar surface area (TPSA) is 55.4 Å². The maximum Gasteiger partial charge on any atom is 0.408 e. The molecule has 1 amide bonds. The number of nitrogens with one attached hydrogen (secondary N) is 1. The van der Waals surface area contributed by atoms with Crippen LogP contribution >= 0.6 is 23.5 Å². The fourth-order valence-corrected chi connectivity index (χ4v) is 4.19. The number of halogens is 3. The SMILES string of the molecule is C.CCO[C@H]1SC(=O)S[C@@H]1CC(NC(C)=O)C(F)(F)F. The summed E-state index contributed by atoms with van der Waals surface area (Å²) < 4.78 is 43.4. The summed E-state index contributed by atoms with van der Waals surface area (Å²) in [5.41, 5.74) is -0.596. The largest absolute Gasteiger partial charge is 0.408 e. The lowest BCUT2D eigenvalue weighted by molar-refractivity contribution is -0.162. The van der Waals surface area contributed by atoms with Crippen molar-refractivity contribution in [1.29, 1.82) is 0 Å². The monoisotopic (exact) mass is 333 g/mol. The Balaban J connectivity index is 0.00000361. The van der Waals surface area contributed by atoms with Gasteiger partial charge < -0.3 is 10.1 Å². The van der Waals surface area contributed by atoms with Crippen LogP contribution in [0.1, 0.15) is 27.7 Å². The van der Waals surface area contributed by atoms with Gasteiger partial charge in [0.15, 0.2) is 0 Å². The van der Waals surface area contributed by atoms with Gasteiger partial charge in [0.2, 0.25) is 10.4 Å². The molecule has 0 aromatic carbocycles. The number of alkyl halides is 3. The van der Waals surface area contributed by atoms with E-state index < -0.39 is 28.8 Å². The van der Waals surface area contributed by atoms with Gasteiger partial charge in [-0.15, -0.1) is 0 Å². The van der Waals surface area contributed by atoms with Crippen molar-refractivity contribution in [2.45, 2.75) is 50.6 Å². The van der Waals surface area contributed by atoms with Crippen LogP contribution in [0.5, 0.6) is 0 Å². The second kappa shape index (κ2) is 8.14. The predicted octanol–water partition coefficient (Wildman–Crippen LogP) is 3.41. The van der Waals surface area contributed by atoms with E-state index in [9.17, 15) is 22.8 Å². The Morgan fingerprint density at radius 3 is 2.50 bits per heavy atom. The Morgan fingerprint density at radius 2 is 2.05 bits per heavy atom. The quantitative estimate of drug-likeness (QED) is 0.835. The van der Waals surface area contributed by atoms with E-state index in [0.717, 1.165) is 30.4 Å². The number of carbonyl (C=O) groups is 2. The molecule has 1 aliphatic heterocycles. The van der Waals surface area contributed by atoms with E-state index in [-0.39, 0.29) is 18.3 Å². The minimum absolute atomic E-state index is 0. The summed E-state index contributed by atoms with van der Waals surface area (Å²) in [6.45, 7) is 3.05. The van der Waals surface area contributed by atoms with E-state index in [0.29, 0.717) is 6.61 Å². The molecule has 1 N–H and O–H groups in total. The highest BCUT2D eigenvalue weighted by Crippen LogP contribution is 2.43. The number of amides is 1. The molecule has 1 aliphatic rings. The molecule has 1 fully saturated rings. The molecule has 9 heteroatoms. The van der Waals surface area contributed by atoms with E-state index in [1.54, 1.807) is 6.92 Å². The highest BCUT2D eigenvalue weighted by atomic mass is 32.2. The molecule has 0 radical (unpaired) electrons. The molecule has 4 nitrogen and oxygen atoms in total. The lowest BCUT2D eigenvalue weighted by atomic mass is 10.1. The van der Waals surface area contributed by atoms with Crippen LogP contribution in [0.4, 0.5) is 18.0 Å². The predicted molar refractivity (Wildman–Crippen MR) is 74.8 cm³/mol. The van der Waals surface area contributed by atoms with Crippen LogP contribution < -0.4 is 5.32 Å². The lowest BCUT2D eigenvalue weighted by Gasteiger charge is -2.25. The fourth-order valence-electron chi connectivity index (χ4n) is 1.59. The van der Waals surface area contributed by atoms with Gasteiger partial charge in [0, 0.05) is 13.5 Å². The molecule has 0 aliphatic carbocycles. The molecule has 20 heavy (non-hydrogen) atoms. The molecular formula is C11H18F3NO3S2. The molecule has 0 spiro atoms. The first-order valence-electron chi connectivity index (χ1n) is 5.56. The van der Waals surface area contributed by atoms with Gasteiger partial charge in [0.25, 0.3) is 0 Å². The van der Waals surface area contributed by atoms with Crippen LogP contribution in [0, 0.1) is 0 Å².